The SMILES string of the molecule is CCN(C)C(=O)c1csc(N2CCN(CCOC)C2=O)n1. The number of amides is 3. The first-order valence-corrected chi connectivity index (χ1v) is 7.72. The summed E-state index contributed by atoms with van der Waals surface area (Å²) in [6.45, 7) is 4.86. The zero-order chi connectivity index (χ0) is 15.4. The van der Waals surface area contributed by atoms with Crippen molar-refractivity contribution < 1.29 is 14.3 Å². The monoisotopic (exact) mass is 312 g/mol. The van der Waals surface area contributed by atoms with Gasteiger partial charge in [-0.15, -0.1) is 11.3 Å². The first-order chi connectivity index (χ1) is 10.1. The van der Waals surface area contributed by atoms with Crippen LogP contribution in [0.3, 0.4) is 0 Å². The van der Waals surface area contributed by atoms with Crippen molar-refractivity contribution in [1.29, 1.82) is 0 Å². The lowest BCUT2D eigenvalue weighted by Crippen LogP contribution is -2.34. The summed E-state index contributed by atoms with van der Waals surface area (Å²) < 4.78 is 4.99. The highest BCUT2D eigenvalue weighted by molar-refractivity contribution is 7.14. The van der Waals surface area contributed by atoms with Crippen LogP contribution < -0.4 is 4.90 Å². The predicted octanol–water partition coefficient (Wildman–Crippen LogP) is 1.12. The molecular formula is C13H20N4O3S. The van der Waals surface area contributed by atoms with E-state index in [-0.39, 0.29) is 11.9 Å². The van der Waals surface area contributed by atoms with Crippen molar-refractivity contribution in [2.45, 2.75) is 6.92 Å². The smallest absolute Gasteiger partial charge is 0.326 e. The van der Waals surface area contributed by atoms with E-state index in [1.807, 2.05) is 6.92 Å². The van der Waals surface area contributed by atoms with E-state index < -0.39 is 0 Å². The third-order valence-corrected chi connectivity index (χ3v) is 4.29. The molecule has 0 spiro atoms. The van der Waals surface area contributed by atoms with Gasteiger partial charge in [0.15, 0.2) is 5.13 Å². The summed E-state index contributed by atoms with van der Waals surface area (Å²) >= 11 is 1.32. The van der Waals surface area contributed by atoms with Crippen LogP contribution in [0.15, 0.2) is 5.38 Å². The van der Waals surface area contributed by atoms with Gasteiger partial charge in [0.1, 0.15) is 5.69 Å². The van der Waals surface area contributed by atoms with Crippen molar-refractivity contribution in [3.8, 4) is 0 Å². The Bertz CT molecular complexity index is 519. The van der Waals surface area contributed by atoms with E-state index in [0.717, 1.165) is 0 Å². The molecule has 2 rings (SSSR count). The van der Waals surface area contributed by atoms with Crippen molar-refractivity contribution in [1.82, 2.24) is 14.8 Å². The van der Waals surface area contributed by atoms with Crippen molar-refractivity contribution in [2.75, 3.05) is 51.8 Å². The van der Waals surface area contributed by atoms with Crippen LogP contribution in [0.1, 0.15) is 17.4 Å². The quantitative estimate of drug-likeness (QED) is 0.789. The lowest BCUT2D eigenvalue weighted by atomic mass is 10.4. The van der Waals surface area contributed by atoms with Gasteiger partial charge in [-0.3, -0.25) is 9.69 Å². The van der Waals surface area contributed by atoms with E-state index >= 15 is 0 Å². The molecule has 0 N–H and O–H groups in total. The Kier molecular flexibility index (Phi) is 5.13. The summed E-state index contributed by atoms with van der Waals surface area (Å²) in [5.41, 5.74) is 0.391. The molecule has 0 atom stereocenters. The Labute approximate surface area is 128 Å². The average molecular weight is 312 g/mol. The minimum atomic E-state index is -0.122. The predicted molar refractivity (Wildman–Crippen MR) is 80.9 cm³/mol. The number of ether oxygens (including phenoxy) is 1. The molecule has 2 heterocycles. The molecule has 1 aliphatic heterocycles. The Balaban J connectivity index is 2.05. The second kappa shape index (κ2) is 6.86. The van der Waals surface area contributed by atoms with Crippen LogP contribution in [0.4, 0.5) is 9.93 Å². The molecule has 0 saturated carbocycles. The lowest BCUT2D eigenvalue weighted by Gasteiger charge is -2.16. The zero-order valence-electron chi connectivity index (χ0n) is 12.5. The Morgan fingerprint density at radius 2 is 2.29 bits per heavy atom. The normalized spacial score (nSPS) is 14.9. The maximum atomic E-state index is 12.2. The van der Waals surface area contributed by atoms with Crippen LogP contribution in [0.2, 0.25) is 0 Å². The number of hydrogen-bond donors (Lipinski definition) is 0. The number of rotatable bonds is 6. The molecule has 1 aliphatic rings. The van der Waals surface area contributed by atoms with Crippen LogP contribution in [0.5, 0.6) is 0 Å². The summed E-state index contributed by atoms with van der Waals surface area (Å²) in [6.07, 6.45) is 0. The fourth-order valence-corrected chi connectivity index (χ4v) is 2.81. The Morgan fingerprint density at radius 1 is 1.52 bits per heavy atom. The van der Waals surface area contributed by atoms with Gasteiger partial charge in [0.2, 0.25) is 0 Å². The van der Waals surface area contributed by atoms with Gasteiger partial charge in [-0.2, -0.15) is 0 Å². The van der Waals surface area contributed by atoms with Gasteiger partial charge in [0.25, 0.3) is 5.91 Å². The molecule has 116 valence electrons. The molecule has 0 bridgehead atoms. The maximum Gasteiger partial charge on any atom is 0.326 e. The van der Waals surface area contributed by atoms with Crippen LogP contribution in [0, 0.1) is 0 Å². The Morgan fingerprint density at radius 3 is 2.95 bits per heavy atom. The molecule has 21 heavy (non-hydrogen) atoms. The molecule has 1 aromatic heterocycles. The van der Waals surface area contributed by atoms with Crippen molar-refractivity contribution in [3.63, 3.8) is 0 Å². The van der Waals surface area contributed by atoms with Gasteiger partial charge in [0, 0.05) is 45.7 Å². The number of hydrogen-bond acceptors (Lipinski definition) is 5. The van der Waals surface area contributed by atoms with Crippen LogP contribution in [0.25, 0.3) is 0 Å². The van der Waals surface area contributed by atoms with Gasteiger partial charge in [-0.25, -0.2) is 9.78 Å². The number of carbonyl (C=O) groups excluding carboxylic acids is 2. The third kappa shape index (κ3) is 3.33. The average Bonchev–Trinajstić information content (AvgIpc) is 3.10. The number of methoxy groups -OCH3 is 1. The molecule has 3 amide bonds. The minimum Gasteiger partial charge on any atom is -0.383 e. The molecule has 0 unspecified atom stereocenters. The summed E-state index contributed by atoms with van der Waals surface area (Å²) in [7, 11) is 3.34. The van der Waals surface area contributed by atoms with Gasteiger partial charge in [0.05, 0.1) is 6.61 Å². The molecule has 0 aliphatic carbocycles. The zero-order valence-corrected chi connectivity index (χ0v) is 13.4. The second-order valence-corrected chi connectivity index (χ2v) is 5.59. The van der Waals surface area contributed by atoms with Gasteiger partial charge >= 0.3 is 6.03 Å². The first-order valence-electron chi connectivity index (χ1n) is 6.84. The molecule has 0 aromatic carbocycles. The highest BCUT2D eigenvalue weighted by Gasteiger charge is 2.31. The van der Waals surface area contributed by atoms with E-state index in [0.29, 0.717) is 43.6 Å². The van der Waals surface area contributed by atoms with Crippen LogP contribution in [-0.4, -0.2) is 73.7 Å². The largest absolute Gasteiger partial charge is 0.383 e. The van der Waals surface area contributed by atoms with Gasteiger partial charge in [-0.1, -0.05) is 0 Å². The second-order valence-electron chi connectivity index (χ2n) is 4.75. The van der Waals surface area contributed by atoms with E-state index in [1.165, 1.54) is 11.3 Å². The number of carbonyl (C=O) groups is 2. The molecule has 1 saturated heterocycles. The molecule has 8 heteroatoms. The highest BCUT2D eigenvalue weighted by atomic mass is 32.1. The van der Waals surface area contributed by atoms with Crippen molar-refractivity contribution >= 4 is 28.4 Å². The summed E-state index contributed by atoms with van der Waals surface area (Å²) in [5, 5.41) is 2.28. The first kappa shape index (κ1) is 15.7. The van der Waals surface area contributed by atoms with E-state index in [9.17, 15) is 9.59 Å². The maximum absolute atomic E-state index is 12.2. The fourth-order valence-electron chi connectivity index (χ4n) is 1.99. The number of thiazole rings is 1. The van der Waals surface area contributed by atoms with Gasteiger partial charge in [-0.05, 0) is 6.92 Å². The van der Waals surface area contributed by atoms with Crippen LogP contribution >= 0.6 is 11.3 Å². The molecule has 7 nitrogen and oxygen atoms in total. The van der Waals surface area contributed by atoms with Gasteiger partial charge < -0.3 is 14.5 Å². The highest BCUT2D eigenvalue weighted by Crippen LogP contribution is 2.25. The van der Waals surface area contributed by atoms with E-state index in [2.05, 4.69) is 4.98 Å². The molecule has 0 radical (unpaired) electrons. The molecule has 1 fully saturated rings. The number of nitrogens with zero attached hydrogens (tertiary/aromatic N) is 4. The summed E-state index contributed by atoms with van der Waals surface area (Å²) in [6, 6.07) is -0.0794. The topological polar surface area (TPSA) is 66.0 Å². The van der Waals surface area contributed by atoms with Crippen molar-refractivity contribution in [3.05, 3.63) is 11.1 Å². The number of aromatic nitrogens is 1. The van der Waals surface area contributed by atoms with Crippen molar-refractivity contribution in [2.24, 2.45) is 0 Å². The minimum absolute atomic E-state index is 0.0794. The summed E-state index contributed by atoms with van der Waals surface area (Å²) in [4.78, 5) is 33.5. The molecule has 1 aromatic rings. The van der Waals surface area contributed by atoms with Crippen LogP contribution in [-0.2, 0) is 4.74 Å². The number of anilines is 1. The lowest BCUT2D eigenvalue weighted by molar-refractivity contribution is 0.0797. The Hall–Kier alpha value is -1.67. The number of urea groups is 1. The molecular weight excluding hydrogens is 292 g/mol. The fraction of sp³-hybridized carbons (Fsp3) is 0.615. The van der Waals surface area contributed by atoms with E-state index in [1.54, 1.807) is 34.2 Å². The van der Waals surface area contributed by atoms with E-state index in [4.69, 9.17) is 4.74 Å². The summed E-state index contributed by atoms with van der Waals surface area (Å²) in [5.74, 6) is -0.122. The standard InChI is InChI=1S/C13H20N4O3S/c1-4-15(2)11(18)10-9-21-12(14-10)17-6-5-16(13(17)19)7-8-20-3/h9H,4-8H2,1-3H3. The third-order valence-electron chi connectivity index (χ3n) is 3.42.